The summed E-state index contributed by atoms with van der Waals surface area (Å²) in [5.41, 5.74) is 7.01. The summed E-state index contributed by atoms with van der Waals surface area (Å²) in [4.78, 5) is 11.9. The van der Waals surface area contributed by atoms with Gasteiger partial charge >= 0.3 is 0 Å². The van der Waals surface area contributed by atoms with Crippen LogP contribution in [0.3, 0.4) is 0 Å². The third kappa shape index (κ3) is 3.23. The number of aryl methyl sites for hydroxylation is 1. The van der Waals surface area contributed by atoms with E-state index in [4.69, 9.17) is 15.2 Å². The predicted molar refractivity (Wildman–Crippen MR) is 71.5 cm³/mol. The highest BCUT2D eigenvalue weighted by Gasteiger charge is 2.16. The quantitative estimate of drug-likeness (QED) is 0.755. The van der Waals surface area contributed by atoms with Crippen LogP contribution in [-0.2, 0) is 6.42 Å². The number of ketones is 1. The molecule has 2 N–H and O–H groups in total. The van der Waals surface area contributed by atoms with Gasteiger partial charge in [-0.2, -0.15) is 0 Å². The zero-order chi connectivity index (χ0) is 13.5. The third-order valence-electron chi connectivity index (χ3n) is 2.79. The molecule has 0 unspecified atom stereocenters. The lowest BCUT2D eigenvalue weighted by atomic mass is 10.0. The Kier molecular flexibility index (Phi) is 5.65. The molecule has 0 aliphatic rings. The van der Waals surface area contributed by atoms with Gasteiger partial charge in [-0.3, -0.25) is 4.79 Å². The van der Waals surface area contributed by atoms with Crippen LogP contribution in [0.1, 0.15) is 35.7 Å². The average molecular weight is 251 g/mol. The van der Waals surface area contributed by atoms with Gasteiger partial charge in [0.2, 0.25) is 0 Å². The number of ether oxygens (including phenoxy) is 2. The molecule has 4 heteroatoms. The second-order valence-corrected chi connectivity index (χ2v) is 4.08. The predicted octanol–water partition coefficient (Wildman–Crippen LogP) is 2.19. The van der Waals surface area contributed by atoms with Crippen LogP contribution in [0.25, 0.3) is 0 Å². The van der Waals surface area contributed by atoms with Gasteiger partial charge in [-0.1, -0.05) is 13.3 Å². The molecule has 0 atom stereocenters. The Balaban J connectivity index is 3.21. The van der Waals surface area contributed by atoms with Gasteiger partial charge < -0.3 is 15.2 Å². The summed E-state index contributed by atoms with van der Waals surface area (Å²) in [6, 6.07) is 3.63. The van der Waals surface area contributed by atoms with Crippen molar-refractivity contribution in [3.05, 3.63) is 23.3 Å². The van der Waals surface area contributed by atoms with Crippen molar-refractivity contribution in [3.63, 3.8) is 0 Å². The molecular weight excluding hydrogens is 230 g/mol. The third-order valence-corrected chi connectivity index (χ3v) is 2.79. The van der Waals surface area contributed by atoms with Crippen LogP contribution in [0, 0.1) is 0 Å². The zero-order valence-electron chi connectivity index (χ0n) is 11.3. The van der Waals surface area contributed by atoms with Crippen LogP contribution in [0.15, 0.2) is 12.1 Å². The molecule has 0 bridgehead atoms. The minimum absolute atomic E-state index is 0.0179. The number of hydrogen-bond acceptors (Lipinski definition) is 4. The Morgan fingerprint density at radius 1 is 1.22 bits per heavy atom. The van der Waals surface area contributed by atoms with Gasteiger partial charge in [-0.05, 0) is 30.7 Å². The van der Waals surface area contributed by atoms with Crippen molar-refractivity contribution < 1.29 is 14.3 Å². The first-order chi connectivity index (χ1) is 8.67. The molecule has 0 aromatic heterocycles. The molecule has 18 heavy (non-hydrogen) atoms. The lowest BCUT2D eigenvalue weighted by Crippen LogP contribution is -2.10. The first-order valence-electron chi connectivity index (χ1n) is 6.16. The van der Waals surface area contributed by atoms with Crippen molar-refractivity contribution in [1.82, 2.24) is 0 Å². The Labute approximate surface area is 108 Å². The SMILES string of the molecule is CCCc1cc(OC)c(C(=O)CCN)cc1OC. The molecule has 0 fully saturated rings. The molecule has 0 amide bonds. The first kappa shape index (κ1) is 14.5. The Hall–Kier alpha value is -1.55. The average Bonchev–Trinajstić information content (AvgIpc) is 2.38. The maximum Gasteiger partial charge on any atom is 0.167 e. The molecule has 1 aromatic rings. The smallest absolute Gasteiger partial charge is 0.167 e. The number of carbonyl (C=O) groups excluding carboxylic acids is 1. The van der Waals surface area contributed by atoms with Crippen molar-refractivity contribution in [3.8, 4) is 11.5 Å². The summed E-state index contributed by atoms with van der Waals surface area (Å²) < 4.78 is 10.6. The summed E-state index contributed by atoms with van der Waals surface area (Å²) >= 11 is 0. The lowest BCUT2D eigenvalue weighted by molar-refractivity contribution is 0.0982. The molecule has 1 aromatic carbocycles. The first-order valence-corrected chi connectivity index (χ1v) is 6.16. The van der Waals surface area contributed by atoms with Gasteiger partial charge in [0.25, 0.3) is 0 Å². The molecular formula is C14H21NO3. The molecule has 0 aliphatic heterocycles. The number of benzene rings is 1. The topological polar surface area (TPSA) is 61.5 Å². The summed E-state index contributed by atoms with van der Waals surface area (Å²) in [7, 11) is 3.18. The Morgan fingerprint density at radius 2 is 1.89 bits per heavy atom. The molecule has 0 radical (unpaired) electrons. The van der Waals surface area contributed by atoms with Crippen molar-refractivity contribution in [2.45, 2.75) is 26.2 Å². The van der Waals surface area contributed by atoms with E-state index in [2.05, 4.69) is 6.92 Å². The maximum absolute atomic E-state index is 11.9. The van der Waals surface area contributed by atoms with E-state index in [1.165, 1.54) is 0 Å². The fraction of sp³-hybridized carbons (Fsp3) is 0.500. The molecule has 100 valence electrons. The Bertz CT molecular complexity index is 416. The summed E-state index contributed by atoms with van der Waals surface area (Å²) in [6.45, 7) is 2.43. The van der Waals surface area contributed by atoms with Crippen LogP contribution in [-0.4, -0.2) is 26.5 Å². The highest BCUT2D eigenvalue weighted by molar-refractivity contribution is 5.99. The van der Waals surface area contributed by atoms with E-state index >= 15 is 0 Å². The molecule has 0 spiro atoms. The molecule has 0 heterocycles. The number of Topliss-reactive ketones (excluding diaryl/α,β-unsaturated/α-hetero) is 1. The number of hydrogen-bond donors (Lipinski definition) is 1. The fourth-order valence-corrected chi connectivity index (χ4v) is 1.91. The van der Waals surface area contributed by atoms with Gasteiger partial charge in [-0.15, -0.1) is 0 Å². The van der Waals surface area contributed by atoms with Crippen LogP contribution >= 0.6 is 0 Å². The van der Waals surface area contributed by atoms with E-state index in [1.54, 1.807) is 20.3 Å². The van der Waals surface area contributed by atoms with E-state index in [0.29, 0.717) is 24.3 Å². The number of nitrogens with two attached hydrogens (primary N) is 1. The molecule has 0 aliphatic carbocycles. The molecule has 4 nitrogen and oxygen atoms in total. The minimum Gasteiger partial charge on any atom is -0.496 e. The highest BCUT2D eigenvalue weighted by Crippen LogP contribution is 2.30. The van der Waals surface area contributed by atoms with E-state index in [1.807, 2.05) is 6.07 Å². The standard InChI is InChI=1S/C14H21NO3/c1-4-5-10-8-14(18-3)11(9-13(10)17-2)12(16)6-7-15/h8-9H,4-7,15H2,1-3H3. The van der Waals surface area contributed by atoms with Gasteiger partial charge in [-0.25, -0.2) is 0 Å². The van der Waals surface area contributed by atoms with Crippen molar-refractivity contribution in [2.24, 2.45) is 5.73 Å². The lowest BCUT2D eigenvalue weighted by Gasteiger charge is -2.13. The Morgan fingerprint density at radius 3 is 2.39 bits per heavy atom. The van der Waals surface area contributed by atoms with Gasteiger partial charge in [0.15, 0.2) is 5.78 Å². The van der Waals surface area contributed by atoms with Gasteiger partial charge in [0, 0.05) is 6.42 Å². The van der Waals surface area contributed by atoms with Gasteiger partial charge in [0.1, 0.15) is 11.5 Å². The van der Waals surface area contributed by atoms with E-state index < -0.39 is 0 Å². The van der Waals surface area contributed by atoms with Crippen LogP contribution in [0.5, 0.6) is 11.5 Å². The second-order valence-electron chi connectivity index (χ2n) is 4.08. The number of carbonyl (C=O) groups is 1. The second kappa shape index (κ2) is 7.01. The summed E-state index contributed by atoms with van der Waals surface area (Å²) in [6.07, 6.45) is 2.22. The fourth-order valence-electron chi connectivity index (χ4n) is 1.91. The van der Waals surface area contributed by atoms with Crippen molar-refractivity contribution >= 4 is 5.78 Å². The summed E-state index contributed by atoms with van der Waals surface area (Å²) in [5, 5.41) is 0. The molecule has 0 saturated carbocycles. The number of methoxy groups -OCH3 is 2. The summed E-state index contributed by atoms with van der Waals surface area (Å²) in [5.74, 6) is 1.31. The maximum atomic E-state index is 11.9. The number of rotatable bonds is 7. The van der Waals surface area contributed by atoms with Crippen LogP contribution < -0.4 is 15.2 Å². The van der Waals surface area contributed by atoms with Crippen LogP contribution in [0.4, 0.5) is 0 Å². The van der Waals surface area contributed by atoms with Crippen LogP contribution in [0.2, 0.25) is 0 Å². The highest BCUT2D eigenvalue weighted by atomic mass is 16.5. The zero-order valence-corrected chi connectivity index (χ0v) is 11.3. The molecule has 0 saturated heterocycles. The van der Waals surface area contributed by atoms with Crippen molar-refractivity contribution in [2.75, 3.05) is 20.8 Å². The van der Waals surface area contributed by atoms with E-state index in [0.717, 1.165) is 24.2 Å². The van der Waals surface area contributed by atoms with Crippen molar-refractivity contribution in [1.29, 1.82) is 0 Å². The molecule has 1 rings (SSSR count). The van der Waals surface area contributed by atoms with E-state index in [-0.39, 0.29) is 5.78 Å². The van der Waals surface area contributed by atoms with E-state index in [9.17, 15) is 4.79 Å². The van der Waals surface area contributed by atoms with Gasteiger partial charge in [0.05, 0.1) is 19.8 Å². The normalized spacial score (nSPS) is 10.2. The minimum atomic E-state index is -0.0179. The largest absolute Gasteiger partial charge is 0.496 e. The monoisotopic (exact) mass is 251 g/mol.